The molecule has 0 radical (unpaired) electrons. The number of hydrogen-bond acceptors (Lipinski definition) is 2. The quantitative estimate of drug-likeness (QED) is 0.877. The molecule has 2 aromatic rings. The van der Waals surface area contributed by atoms with Gasteiger partial charge in [0.1, 0.15) is 5.82 Å². The van der Waals surface area contributed by atoms with E-state index in [9.17, 15) is 9.18 Å². The SMILES string of the molecule is O=C(O)c1nccn1-c1ccc(F)c(Cl)c1. The van der Waals surface area contributed by atoms with E-state index < -0.39 is 11.8 Å². The van der Waals surface area contributed by atoms with Gasteiger partial charge in [-0.25, -0.2) is 14.2 Å². The zero-order chi connectivity index (χ0) is 11.7. The highest BCUT2D eigenvalue weighted by atomic mass is 35.5. The first kappa shape index (κ1) is 10.6. The number of halogens is 2. The van der Waals surface area contributed by atoms with Crippen LogP contribution < -0.4 is 0 Å². The van der Waals surface area contributed by atoms with Gasteiger partial charge in [-0.05, 0) is 18.2 Å². The van der Waals surface area contributed by atoms with Crippen LogP contribution in [0.15, 0.2) is 30.6 Å². The number of carboxylic acids is 1. The lowest BCUT2D eigenvalue weighted by molar-refractivity contribution is 0.0681. The van der Waals surface area contributed by atoms with E-state index in [-0.39, 0.29) is 10.8 Å². The Labute approximate surface area is 94.9 Å². The van der Waals surface area contributed by atoms with Crippen molar-refractivity contribution < 1.29 is 14.3 Å². The van der Waals surface area contributed by atoms with Crippen molar-refractivity contribution in [1.29, 1.82) is 0 Å². The number of rotatable bonds is 2. The van der Waals surface area contributed by atoms with E-state index >= 15 is 0 Å². The fraction of sp³-hybridized carbons (Fsp3) is 0. The van der Waals surface area contributed by atoms with Gasteiger partial charge >= 0.3 is 5.97 Å². The fourth-order valence-electron chi connectivity index (χ4n) is 1.30. The van der Waals surface area contributed by atoms with Crippen molar-refractivity contribution >= 4 is 17.6 Å². The lowest BCUT2D eigenvalue weighted by atomic mass is 10.3. The maximum Gasteiger partial charge on any atom is 0.372 e. The van der Waals surface area contributed by atoms with Crippen molar-refractivity contribution in [3.05, 3.63) is 47.3 Å². The maximum absolute atomic E-state index is 12.9. The van der Waals surface area contributed by atoms with E-state index in [2.05, 4.69) is 4.98 Å². The van der Waals surface area contributed by atoms with Gasteiger partial charge in [0.25, 0.3) is 0 Å². The van der Waals surface area contributed by atoms with Crippen molar-refractivity contribution in [3.8, 4) is 5.69 Å². The van der Waals surface area contributed by atoms with Crippen LogP contribution in [0, 0.1) is 5.82 Å². The number of carboxylic acid groups (broad SMARTS) is 1. The second-order valence-electron chi connectivity index (χ2n) is 3.02. The summed E-state index contributed by atoms with van der Waals surface area (Å²) in [5, 5.41) is 8.78. The largest absolute Gasteiger partial charge is 0.475 e. The Morgan fingerprint density at radius 2 is 2.25 bits per heavy atom. The van der Waals surface area contributed by atoms with E-state index in [1.54, 1.807) is 0 Å². The third kappa shape index (κ3) is 1.77. The van der Waals surface area contributed by atoms with Crippen molar-refractivity contribution in [3.63, 3.8) is 0 Å². The summed E-state index contributed by atoms with van der Waals surface area (Å²) in [5.74, 6) is -1.87. The predicted molar refractivity (Wildman–Crippen MR) is 55.5 cm³/mol. The lowest BCUT2D eigenvalue weighted by Gasteiger charge is -2.05. The molecular weight excluding hydrogens is 235 g/mol. The van der Waals surface area contributed by atoms with Crippen LogP contribution in [0.1, 0.15) is 10.6 Å². The molecule has 0 aliphatic heterocycles. The molecule has 0 aliphatic rings. The van der Waals surface area contributed by atoms with E-state index in [4.69, 9.17) is 16.7 Å². The van der Waals surface area contributed by atoms with Crippen LogP contribution >= 0.6 is 11.6 Å². The summed E-state index contributed by atoms with van der Waals surface area (Å²) in [7, 11) is 0. The number of hydrogen-bond donors (Lipinski definition) is 1. The number of benzene rings is 1. The second kappa shape index (κ2) is 3.94. The standard InChI is InChI=1S/C10H6ClFN2O2/c11-7-5-6(1-2-8(7)12)14-4-3-13-9(14)10(15)16/h1-5H,(H,15,16). The van der Waals surface area contributed by atoms with Crippen molar-refractivity contribution in [2.75, 3.05) is 0 Å². The summed E-state index contributed by atoms with van der Waals surface area (Å²) in [6, 6.07) is 3.93. The molecule has 1 aromatic heterocycles. The van der Waals surface area contributed by atoms with Crippen LogP contribution in [-0.4, -0.2) is 20.6 Å². The normalized spacial score (nSPS) is 10.4. The zero-order valence-electron chi connectivity index (χ0n) is 7.89. The predicted octanol–water partition coefficient (Wildman–Crippen LogP) is 2.36. The molecule has 0 amide bonds. The van der Waals surface area contributed by atoms with Gasteiger partial charge in [-0.3, -0.25) is 4.57 Å². The fourth-order valence-corrected chi connectivity index (χ4v) is 1.48. The molecule has 1 aromatic carbocycles. The van der Waals surface area contributed by atoms with Gasteiger partial charge in [0, 0.05) is 18.1 Å². The maximum atomic E-state index is 12.9. The number of imidazole rings is 1. The molecule has 1 N–H and O–H groups in total. The molecule has 0 saturated heterocycles. The minimum atomic E-state index is -1.16. The Bertz CT molecular complexity index is 554. The van der Waals surface area contributed by atoms with Gasteiger partial charge in [0.2, 0.25) is 5.82 Å². The van der Waals surface area contributed by atoms with E-state index in [1.165, 1.54) is 35.2 Å². The molecule has 82 valence electrons. The number of carbonyl (C=O) groups is 1. The molecular formula is C10H6ClFN2O2. The molecule has 0 bridgehead atoms. The minimum absolute atomic E-state index is 0.0671. The van der Waals surface area contributed by atoms with Crippen LogP contribution in [0.4, 0.5) is 4.39 Å². The molecule has 0 unspecified atom stereocenters. The minimum Gasteiger partial charge on any atom is -0.475 e. The van der Waals surface area contributed by atoms with Crippen molar-refractivity contribution in [2.24, 2.45) is 0 Å². The lowest BCUT2D eigenvalue weighted by Crippen LogP contribution is -2.07. The second-order valence-corrected chi connectivity index (χ2v) is 3.43. The van der Waals surface area contributed by atoms with E-state index in [0.717, 1.165) is 0 Å². The van der Waals surface area contributed by atoms with Crippen molar-refractivity contribution in [1.82, 2.24) is 9.55 Å². The number of nitrogens with zero attached hydrogens (tertiary/aromatic N) is 2. The molecule has 6 heteroatoms. The Balaban J connectivity index is 2.54. The number of aromatic nitrogens is 2. The average molecular weight is 241 g/mol. The Hall–Kier alpha value is -1.88. The first-order valence-corrected chi connectivity index (χ1v) is 4.69. The third-order valence-electron chi connectivity index (χ3n) is 2.01. The molecule has 2 rings (SSSR count). The Morgan fingerprint density at radius 1 is 1.50 bits per heavy atom. The summed E-state index contributed by atoms with van der Waals surface area (Å²) in [6.45, 7) is 0. The zero-order valence-corrected chi connectivity index (χ0v) is 8.65. The van der Waals surface area contributed by atoms with E-state index in [0.29, 0.717) is 5.69 Å². The van der Waals surface area contributed by atoms with E-state index in [1.807, 2.05) is 0 Å². The van der Waals surface area contributed by atoms with Gasteiger partial charge in [-0.1, -0.05) is 11.6 Å². The molecule has 0 aliphatic carbocycles. The van der Waals surface area contributed by atoms with Gasteiger partial charge in [-0.15, -0.1) is 0 Å². The first-order chi connectivity index (χ1) is 7.59. The first-order valence-electron chi connectivity index (χ1n) is 4.31. The van der Waals surface area contributed by atoms with Gasteiger partial charge in [0.05, 0.1) is 5.02 Å². The van der Waals surface area contributed by atoms with Crippen LogP contribution in [0.25, 0.3) is 5.69 Å². The Morgan fingerprint density at radius 3 is 2.88 bits per heavy atom. The molecule has 16 heavy (non-hydrogen) atoms. The highest BCUT2D eigenvalue weighted by Gasteiger charge is 2.12. The average Bonchev–Trinajstić information content (AvgIpc) is 2.71. The summed E-state index contributed by atoms with van der Waals surface area (Å²) in [4.78, 5) is 14.5. The van der Waals surface area contributed by atoms with Crippen molar-refractivity contribution in [2.45, 2.75) is 0 Å². The molecule has 0 atom stereocenters. The third-order valence-corrected chi connectivity index (χ3v) is 2.30. The molecule has 4 nitrogen and oxygen atoms in total. The van der Waals surface area contributed by atoms with Gasteiger partial charge < -0.3 is 5.11 Å². The topological polar surface area (TPSA) is 55.1 Å². The summed E-state index contributed by atoms with van der Waals surface area (Å²) in [5.41, 5.74) is 0.446. The summed E-state index contributed by atoms with van der Waals surface area (Å²) in [6.07, 6.45) is 2.81. The monoisotopic (exact) mass is 240 g/mol. The smallest absolute Gasteiger partial charge is 0.372 e. The van der Waals surface area contributed by atoms with Gasteiger partial charge in [0.15, 0.2) is 0 Å². The van der Waals surface area contributed by atoms with Crippen LogP contribution in [0.3, 0.4) is 0 Å². The number of aromatic carboxylic acids is 1. The van der Waals surface area contributed by atoms with Crippen LogP contribution in [-0.2, 0) is 0 Å². The molecule has 1 heterocycles. The van der Waals surface area contributed by atoms with Gasteiger partial charge in [-0.2, -0.15) is 0 Å². The van der Waals surface area contributed by atoms with Crippen LogP contribution in [0.2, 0.25) is 5.02 Å². The highest BCUT2D eigenvalue weighted by molar-refractivity contribution is 6.30. The van der Waals surface area contributed by atoms with Crippen LogP contribution in [0.5, 0.6) is 0 Å². The highest BCUT2D eigenvalue weighted by Crippen LogP contribution is 2.19. The molecule has 0 fully saturated rings. The molecule has 0 spiro atoms. The summed E-state index contributed by atoms with van der Waals surface area (Å²) >= 11 is 5.61. The summed E-state index contributed by atoms with van der Waals surface area (Å²) < 4.78 is 14.2. The molecule has 0 saturated carbocycles. The Kier molecular flexibility index (Phi) is 2.62.